The molecule has 3 rings (SSSR count). The zero-order valence-electron chi connectivity index (χ0n) is 12.2. The van der Waals surface area contributed by atoms with Gasteiger partial charge in [0.2, 0.25) is 5.91 Å². The van der Waals surface area contributed by atoms with Gasteiger partial charge in [-0.3, -0.25) is 19.3 Å². The van der Waals surface area contributed by atoms with Crippen LogP contribution in [0.3, 0.4) is 0 Å². The van der Waals surface area contributed by atoms with E-state index < -0.39 is 17.1 Å². The molecule has 0 radical (unpaired) electrons. The molecule has 0 unspecified atom stereocenters. The van der Waals surface area contributed by atoms with Gasteiger partial charge in [0.1, 0.15) is 6.54 Å². The lowest BCUT2D eigenvalue weighted by Gasteiger charge is -2.12. The molecule has 1 aliphatic rings. The summed E-state index contributed by atoms with van der Waals surface area (Å²) in [4.78, 5) is 38.5. The van der Waals surface area contributed by atoms with Gasteiger partial charge in [0.25, 0.3) is 11.1 Å². The molecule has 1 fully saturated rings. The van der Waals surface area contributed by atoms with Crippen LogP contribution in [0.2, 0.25) is 5.02 Å². The highest BCUT2D eigenvalue weighted by Gasteiger charge is 2.36. The van der Waals surface area contributed by atoms with Crippen LogP contribution in [0.25, 0.3) is 6.08 Å². The molecule has 1 aromatic heterocycles. The van der Waals surface area contributed by atoms with Crippen LogP contribution >= 0.6 is 34.7 Å². The van der Waals surface area contributed by atoms with Crippen LogP contribution in [0.15, 0.2) is 46.7 Å². The van der Waals surface area contributed by atoms with Crippen LogP contribution in [-0.2, 0) is 9.59 Å². The summed E-state index contributed by atoms with van der Waals surface area (Å²) in [6.45, 7) is -0.324. The number of nitrogens with zero attached hydrogens (tertiary/aromatic N) is 1. The Morgan fingerprint density at radius 2 is 1.96 bits per heavy atom. The van der Waals surface area contributed by atoms with Gasteiger partial charge in [-0.2, -0.15) is 0 Å². The summed E-state index contributed by atoms with van der Waals surface area (Å²) in [5, 5.41) is 4.62. The molecule has 1 N–H and O–H groups in total. The zero-order chi connectivity index (χ0) is 17.1. The Bertz CT molecular complexity index is 816. The highest BCUT2D eigenvalue weighted by Crippen LogP contribution is 2.32. The smallest absolute Gasteiger partial charge is 0.294 e. The molecular formula is C16H11ClN2O3S2. The van der Waals surface area contributed by atoms with Gasteiger partial charge >= 0.3 is 0 Å². The van der Waals surface area contributed by atoms with E-state index in [1.807, 2.05) is 17.5 Å². The number of nitrogens with one attached hydrogen (secondary N) is 1. The molecule has 0 spiro atoms. The summed E-state index contributed by atoms with van der Waals surface area (Å²) in [6, 6.07) is 10.3. The molecule has 24 heavy (non-hydrogen) atoms. The van der Waals surface area contributed by atoms with Crippen molar-refractivity contribution in [1.82, 2.24) is 4.90 Å². The zero-order valence-corrected chi connectivity index (χ0v) is 14.6. The van der Waals surface area contributed by atoms with Crippen molar-refractivity contribution in [1.29, 1.82) is 0 Å². The predicted molar refractivity (Wildman–Crippen MR) is 97.1 cm³/mol. The first kappa shape index (κ1) is 16.8. The second kappa shape index (κ2) is 7.21. The SMILES string of the molecule is O=C(CN1C(=O)S/C(=C\c2cccs2)C1=O)Nc1ccc(Cl)cc1. The maximum Gasteiger partial charge on any atom is 0.294 e. The Kier molecular flexibility index (Phi) is 5.03. The van der Waals surface area contributed by atoms with E-state index in [4.69, 9.17) is 11.6 Å². The number of hydrogen-bond acceptors (Lipinski definition) is 5. The molecule has 0 bridgehead atoms. The van der Waals surface area contributed by atoms with E-state index in [0.717, 1.165) is 21.5 Å². The van der Waals surface area contributed by atoms with Crippen molar-refractivity contribution in [2.24, 2.45) is 0 Å². The number of carbonyl (C=O) groups excluding carboxylic acids is 3. The summed E-state index contributed by atoms with van der Waals surface area (Å²) in [7, 11) is 0. The number of anilines is 1. The van der Waals surface area contributed by atoms with E-state index in [-0.39, 0.29) is 6.54 Å². The largest absolute Gasteiger partial charge is 0.325 e. The number of benzene rings is 1. The highest BCUT2D eigenvalue weighted by molar-refractivity contribution is 8.18. The van der Waals surface area contributed by atoms with Crippen molar-refractivity contribution in [3.63, 3.8) is 0 Å². The van der Waals surface area contributed by atoms with Crippen LogP contribution < -0.4 is 5.32 Å². The van der Waals surface area contributed by atoms with Crippen molar-refractivity contribution >= 4 is 63.5 Å². The van der Waals surface area contributed by atoms with Gasteiger partial charge in [0.15, 0.2) is 0 Å². The van der Waals surface area contributed by atoms with Crippen molar-refractivity contribution in [3.05, 3.63) is 56.6 Å². The lowest BCUT2D eigenvalue weighted by Crippen LogP contribution is -2.36. The molecule has 1 aromatic carbocycles. The second-order valence-corrected chi connectivity index (χ2v) is 7.25. The molecule has 0 atom stereocenters. The normalized spacial score (nSPS) is 16.0. The second-order valence-electron chi connectivity index (χ2n) is 4.84. The summed E-state index contributed by atoms with van der Waals surface area (Å²) < 4.78 is 0. The fraction of sp³-hybridized carbons (Fsp3) is 0.0625. The monoisotopic (exact) mass is 378 g/mol. The molecule has 2 heterocycles. The minimum Gasteiger partial charge on any atom is -0.325 e. The van der Waals surface area contributed by atoms with Gasteiger partial charge in [0.05, 0.1) is 4.91 Å². The van der Waals surface area contributed by atoms with Crippen molar-refractivity contribution in [3.8, 4) is 0 Å². The van der Waals surface area contributed by atoms with E-state index in [0.29, 0.717) is 15.6 Å². The first-order chi connectivity index (χ1) is 11.5. The number of halogens is 1. The van der Waals surface area contributed by atoms with E-state index in [1.165, 1.54) is 11.3 Å². The van der Waals surface area contributed by atoms with E-state index >= 15 is 0 Å². The summed E-state index contributed by atoms with van der Waals surface area (Å²) >= 11 is 8.09. The number of thioether (sulfide) groups is 1. The van der Waals surface area contributed by atoms with E-state index in [2.05, 4.69) is 5.32 Å². The quantitative estimate of drug-likeness (QED) is 0.814. The van der Waals surface area contributed by atoms with Gasteiger partial charge in [-0.1, -0.05) is 17.7 Å². The van der Waals surface area contributed by atoms with Gasteiger partial charge in [-0.05, 0) is 53.5 Å². The summed E-state index contributed by atoms with van der Waals surface area (Å²) in [5.74, 6) is -0.901. The van der Waals surface area contributed by atoms with Crippen LogP contribution in [0.5, 0.6) is 0 Å². The van der Waals surface area contributed by atoms with E-state index in [9.17, 15) is 14.4 Å². The Labute approximate surface area is 151 Å². The van der Waals surface area contributed by atoms with Crippen LogP contribution in [-0.4, -0.2) is 28.5 Å². The highest BCUT2D eigenvalue weighted by atomic mass is 35.5. The minimum absolute atomic E-state index is 0.321. The van der Waals surface area contributed by atoms with Crippen molar-refractivity contribution in [2.75, 3.05) is 11.9 Å². The average molecular weight is 379 g/mol. The lowest BCUT2D eigenvalue weighted by atomic mass is 10.3. The van der Waals surface area contributed by atoms with E-state index in [1.54, 1.807) is 30.3 Å². The molecule has 122 valence electrons. The Morgan fingerprint density at radius 3 is 2.62 bits per heavy atom. The Hall–Kier alpha value is -2.09. The van der Waals surface area contributed by atoms with Gasteiger partial charge < -0.3 is 5.32 Å². The van der Waals surface area contributed by atoms with Gasteiger partial charge in [-0.25, -0.2) is 0 Å². The third-order valence-corrected chi connectivity index (χ3v) is 5.10. The molecule has 3 amide bonds. The average Bonchev–Trinajstić information content (AvgIpc) is 3.14. The third kappa shape index (κ3) is 3.87. The van der Waals surface area contributed by atoms with Gasteiger partial charge in [-0.15, -0.1) is 11.3 Å². The molecule has 1 saturated heterocycles. The van der Waals surface area contributed by atoms with Crippen molar-refractivity contribution < 1.29 is 14.4 Å². The van der Waals surface area contributed by atoms with Crippen LogP contribution in [0.1, 0.15) is 4.88 Å². The first-order valence-electron chi connectivity index (χ1n) is 6.87. The fourth-order valence-corrected chi connectivity index (χ4v) is 3.70. The number of hydrogen-bond donors (Lipinski definition) is 1. The number of rotatable bonds is 4. The molecule has 1 aliphatic heterocycles. The Balaban J connectivity index is 1.66. The molecule has 8 heteroatoms. The minimum atomic E-state index is -0.454. The molecule has 0 saturated carbocycles. The maximum absolute atomic E-state index is 12.3. The third-order valence-electron chi connectivity index (χ3n) is 3.12. The first-order valence-corrected chi connectivity index (χ1v) is 8.94. The van der Waals surface area contributed by atoms with Crippen LogP contribution in [0, 0.1) is 0 Å². The van der Waals surface area contributed by atoms with Gasteiger partial charge in [0, 0.05) is 15.6 Å². The number of imide groups is 1. The lowest BCUT2D eigenvalue weighted by molar-refractivity contribution is -0.127. The molecule has 5 nitrogen and oxygen atoms in total. The standard InChI is InChI=1S/C16H11ClN2O3S2/c17-10-3-5-11(6-4-10)18-14(20)9-19-15(21)13(24-16(19)22)8-12-2-1-7-23-12/h1-8H,9H2,(H,18,20)/b13-8-. The molecular weight excluding hydrogens is 368 g/mol. The summed E-state index contributed by atoms with van der Waals surface area (Å²) in [5.41, 5.74) is 0.547. The molecule has 0 aliphatic carbocycles. The number of thiophene rings is 1. The number of amides is 3. The summed E-state index contributed by atoms with van der Waals surface area (Å²) in [6.07, 6.45) is 1.66. The van der Waals surface area contributed by atoms with Crippen molar-refractivity contribution in [2.45, 2.75) is 0 Å². The predicted octanol–water partition coefficient (Wildman–Crippen LogP) is 4.08. The van der Waals surface area contributed by atoms with Crippen LogP contribution in [0.4, 0.5) is 10.5 Å². The maximum atomic E-state index is 12.3. The fourth-order valence-electron chi connectivity index (χ4n) is 2.02. The Morgan fingerprint density at radius 1 is 1.21 bits per heavy atom. The number of carbonyl (C=O) groups is 3. The molecule has 2 aromatic rings. The topological polar surface area (TPSA) is 66.5 Å².